The smallest absolute Gasteiger partial charge is 0.333 e. The molecule has 9 heteroatoms. The van der Waals surface area contributed by atoms with Gasteiger partial charge in [-0.05, 0) is 24.6 Å². The van der Waals surface area contributed by atoms with Crippen LogP contribution >= 0.6 is 0 Å². The van der Waals surface area contributed by atoms with E-state index in [4.69, 9.17) is 0 Å². The number of rotatable bonds is 7. The average Bonchev–Trinajstić information content (AvgIpc) is 3.20. The van der Waals surface area contributed by atoms with Crippen molar-refractivity contribution in [3.63, 3.8) is 0 Å². The Morgan fingerprint density at radius 3 is 2.54 bits per heavy atom. The van der Waals surface area contributed by atoms with Crippen LogP contribution in [0, 0.1) is 6.92 Å². The predicted octanol–water partition coefficient (Wildman–Crippen LogP) is 2.91. The van der Waals surface area contributed by atoms with Crippen LogP contribution in [0.1, 0.15) is 23.5 Å². The van der Waals surface area contributed by atoms with Gasteiger partial charge in [0.25, 0.3) is 0 Å². The van der Waals surface area contributed by atoms with Crippen molar-refractivity contribution in [1.82, 2.24) is 19.1 Å². The molecule has 0 saturated heterocycles. The molecule has 0 saturated carbocycles. The third-order valence-electron chi connectivity index (χ3n) is 4.04. The Labute approximate surface area is 150 Å². The second kappa shape index (κ2) is 7.38. The number of halogens is 2. The van der Waals surface area contributed by atoms with Crippen LogP contribution in [0.25, 0.3) is 0 Å². The van der Waals surface area contributed by atoms with Gasteiger partial charge in [0.15, 0.2) is 0 Å². The zero-order valence-corrected chi connectivity index (χ0v) is 14.8. The third-order valence-corrected chi connectivity index (χ3v) is 5.54. The first kappa shape index (κ1) is 18.3. The predicted molar refractivity (Wildman–Crippen MR) is 92.2 cm³/mol. The molecule has 0 unspecified atom stereocenters. The van der Waals surface area contributed by atoms with Crippen LogP contribution in [0.3, 0.4) is 0 Å². The van der Waals surface area contributed by atoms with Gasteiger partial charge in [-0.15, -0.1) is 0 Å². The molecule has 0 spiro atoms. The second-order valence-corrected chi connectivity index (χ2v) is 7.49. The van der Waals surface area contributed by atoms with Crippen LogP contribution in [-0.2, 0) is 23.1 Å². The molecule has 0 aliphatic rings. The number of hydrogen-bond donors (Lipinski definition) is 1. The van der Waals surface area contributed by atoms with Gasteiger partial charge >= 0.3 is 6.55 Å². The van der Waals surface area contributed by atoms with Gasteiger partial charge in [0.05, 0.1) is 18.4 Å². The molecule has 2 aromatic heterocycles. The van der Waals surface area contributed by atoms with Crippen molar-refractivity contribution in [1.29, 1.82) is 0 Å². The average molecular weight is 380 g/mol. The first-order chi connectivity index (χ1) is 12.4. The molecule has 0 bridgehead atoms. The van der Waals surface area contributed by atoms with E-state index >= 15 is 0 Å². The fourth-order valence-corrected chi connectivity index (χ4v) is 3.82. The van der Waals surface area contributed by atoms with Crippen molar-refractivity contribution in [2.24, 2.45) is 0 Å². The molecule has 0 aliphatic carbocycles. The normalized spacial score (nSPS) is 12.0. The lowest BCUT2D eigenvalue weighted by Crippen LogP contribution is -2.25. The van der Waals surface area contributed by atoms with Gasteiger partial charge in [-0.2, -0.15) is 13.9 Å². The first-order valence-corrected chi connectivity index (χ1v) is 9.36. The Morgan fingerprint density at radius 1 is 1.15 bits per heavy atom. The lowest BCUT2D eigenvalue weighted by Gasteiger charge is -2.11. The van der Waals surface area contributed by atoms with E-state index in [2.05, 4.69) is 9.82 Å². The van der Waals surface area contributed by atoms with E-state index in [0.29, 0.717) is 11.2 Å². The molecule has 3 aromatic rings. The number of nitrogens with zero attached hydrogens (tertiary/aromatic N) is 3. The van der Waals surface area contributed by atoms with Crippen LogP contribution in [0.2, 0.25) is 0 Å². The minimum Gasteiger partial charge on any atom is -0.346 e. The summed E-state index contributed by atoms with van der Waals surface area (Å²) in [4.78, 5) is -0.251. The Kier molecular flexibility index (Phi) is 5.19. The van der Waals surface area contributed by atoms with Gasteiger partial charge in [0.1, 0.15) is 4.90 Å². The molecule has 0 atom stereocenters. The summed E-state index contributed by atoms with van der Waals surface area (Å²) in [6.07, 6.45) is 2.80. The van der Waals surface area contributed by atoms with Crippen molar-refractivity contribution in [2.75, 3.05) is 0 Å². The molecular formula is C17H18F2N4O2S. The van der Waals surface area contributed by atoms with Crippen LogP contribution in [-0.4, -0.2) is 22.8 Å². The second-order valence-electron chi connectivity index (χ2n) is 5.75. The summed E-state index contributed by atoms with van der Waals surface area (Å²) < 4.78 is 55.2. The lowest BCUT2D eigenvalue weighted by molar-refractivity contribution is 0.0541. The van der Waals surface area contributed by atoms with Gasteiger partial charge < -0.3 is 4.57 Å². The molecule has 0 amide bonds. The van der Waals surface area contributed by atoms with E-state index in [1.165, 1.54) is 6.92 Å². The fourth-order valence-electron chi connectivity index (χ4n) is 2.66. The van der Waals surface area contributed by atoms with Crippen molar-refractivity contribution in [3.05, 3.63) is 71.8 Å². The van der Waals surface area contributed by atoms with Crippen LogP contribution < -0.4 is 4.72 Å². The monoisotopic (exact) mass is 380 g/mol. The maximum absolute atomic E-state index is 12.8. The molecule has 1 N–H and O–H groups in total. The van der Waals surface area contributed by atoms with Gasteiger partial charge in [0, 0.05) is 18.4 Å². The topological polar surface area (TPSA) is 68.9 Å². The summed E-state index contributed by atoms with van der Waals surface area (Å²) in [5, 5.41) is 3.44. The zero-order chi connectivity index (χ0) is 18.7. The Balaban J connectivity index is 1.74. The SMILES string of the molecule is Cc1c(S(=O)(=O)NCc2cccn2Cc2ccccc2)cnn1C(F)F. The molecule has 0 aliphatic heterocycles. The molecular weight excluding hydrogens is 362 g/mol. The Morgan fingerprint density at radius 2 is 1.88 bits per heavy atom. The highest BCUT2D eigenvalue weighted by molar-refractivity contribution is 7.89. The summed E-state index contributed by atoms with van der Waals surface area (Å²) in [5.74, 6) is 0. The zero-order valence-electron chi connectivity index (χ0n) is 14.0. The van der Waals surface area contributed by atoms with E-state index in [0.717, 1.165) is 17.5 Å². The maximum Gasteiger partial charge on any atom is 0.333 e. The van der Waals surface area contributed by atoms with Gasteiger partial charge in [-0.3, -0.25) is 0 Å². The van der Waals surface area contributed by atoms with E-state index in [9.17, 15) is 17.2 Å². The molecule has 3 rings (SSSR count). The van der Waals surface area contributed by atoms with Crippen molar-refractivity contribution >= 4 is 10.0 Å². The van der Waals surface area contributed by atoms with Crippen LogP contribution in [0.5, 0.6) is 0 Å². The molecule has 6 nitrogen and oxygen atoms in total. The molecule has 26 heavy (non-hydrogen) atoms. The molecule has 2 heterocycles. The van der Waals surface area contributed by atoms with Crippen molar-refractivity contribution < 1.29 is 17.2 Å². The maximum atomic E-state index is 12.8. The van der Waals surface area contributed by atoms with Gasteiger partial charge in [-0.1, -0.05) is 30.3 Å². The highest BCUT2D eigenvalue weighted by Gasteiger charge is 2.23. The summed E-state index contributed by atoms with van der Waals surface area (Å²) in [5.41, 5.74) is 1.74. The van der Waals surface area contributed by atoms with Gasteiger partial charge in [0.2, 0.25) is 10.0 Å². The quantitative estimate of drug-likeness (QED) is 0.685. The molecule has 1 aromatic carbocycles. The minimum absolute atomic E-state index is 0.0431. The summed E-state index contributed by atoms with van der Waals surface area (Å²) in [6, 6.07) is 13.4. The largest absolute Gasteiger partial charge is 0.346 e. The third kappa shape index (κ3) is 3.83. The van der Waals surface area contributed by atoms with E-state index in [1.807, 2.05) is 47.2 Å². The number of benzene rings is 1. The molecule has 0 radical (unpaired) electrons. The molecule has 138 valence electrons. The number of alkyl halides is 2. The first-order valence-electron chi connectivity index (χ1n) is 7.88. The highest BCUT2D eigenvalue weighted by atomic mass is 32.2. The standard InChI is InChI=1S/C17H18F2N4O2S/c1-13-16(11-20-23(13)17(18)19)26(24,25)21-10-15-8-5-9-22(15)12-14-6-3-2-4-7-14/h2-9,11,17,21H,10,12H2,1H3. The number of sulfonamides is 1. The van der Waals surface area contributed by atoms with Crippen LogP contribution in [0.15, 0.2) is 59.8 Å². The summed E-state index contributed by atoms with van der Waals surface area (Å²) in [6.45, 7) is -0.942. The number of nitrogens with one attached hydrogen (secondary N) is 1. The number of hydrogen-bond acceptors (Lipinski definition) is 3. The van der Waals surface area contributed by atoms with Crippen molar-refractivity contribution in [2.45, 2.75) is 31.5 Å². The minimum atomic E-state index is -3.95. The molecule has 0 fully saturated rings. The number of aromatic nitrogens is 3. The van der Waals surface area contributed by atoms with Crippen LogP contribution in [0.4, 0.5) is 8.78 Å². The lowest BCUT2D eigenvalue weighted by atomic mass is 10.2. The van der Waals surface area contributed by atoms with Crippen molar-refractivity contribution in [3.8, 4) is 0 Å². The van der Waals surface area contributed by atoms with E-state index in [1.54, 1.807) is 6.07 Å². The summed E-state index contributed by atoms with van der Waals surface area (Å²) in [7, 11) is -3.95. The van der Waals surface area contributed by atoms with Gasteiger partial charge in [-0.25, -0.2) is 17.8 Å². The Bertz CT molecular complexity index is 981. The van der Waals surface area contributed by atoms with E-state index < -0.39 is 16.6 Å². The fraction of sp³-hybridized carbons (Fsp3) is 0.235. The highest BCUT2D eigenvalue weighted by Crippen LogP contribution is 2.20. The van der Waals surface area contributed by atoms with E-state index in [-0.39, 0.29) is 17.1 Å². The summed E-state index contributed by atoms with van der Waals surface area (Å²) >= 11 is 0. The Hall–Kier alpha value is -2.52.